The molecule has 0 spiro atoms. The lowest BCUT2D eigenvalue weighted by Gasteiger charge is -2.48. The highest BCUT2D eigenvalue weighted by molar-refractivity contribution is 5.76. The summed E-state index contributed by atoms with van der Waals surface area (Å²) in [5.41, 5.74) is 0. The van der Waals surface area contributed by atoms with Gasteiger partial charge in [0.2, 0.25) is 5.91 Å². The van der Waals surface area contributed by atoms with E-state index in [0.29, 0.717) is 6.42 Å². The molecule has 17 atom stereocenters. The summed E-state index contributed by atoms with van der Waals surface area (Å²) in [6, 6.07) is -0.971. The van der Waals surface area contributed by atoms with Crippen molar-refractivity contribution < 1.29 is 89.4 Å². The molecule has 0 bridgehead atoms. The first kappa shape index (κ1) is 87.2. The fraction of sp³-hybridized carbons (Fsp3) is 0.908. The third-order valence-electron chi connectivity index (χ3n) is 19.4. The van der Waals surface area contributed by atoms with E-state index in [0.717, 1.165) is 51.4 Å². The normalized spacial score (nSPS) is 27.4. The number of aliphatic hydroxyl groups excluding tert-OH is 11. The number of amides is 1. The van der Waals surface area contributed by atoms with Gasteiger partial charge < -0.3 is 89.9 Å². The van der Waals surface area contributed by atoms with E-state index in [9.17, 15) is 61.0 Å². The van der Waals surface area contributed by atoms with Gasteiger partial charge in [0, 0.05) is 6.42 Å². The van der Waals surface area contributed by atoms with Crippen LogP contribution in [-0.2, 0) is 33.2 Å². The lowest BCUT2D eigenvalue weighted by atomic mass is 9.96. The van der Waals surface area contributed by atoms with Crippen molar-refractivity contribution in [1.82, 2.24) is 5.32 Å². The summed E-state index contributed by atoms with van der Waals surface area (Å²) in [6.45, 7) is 1.75. The Bertz CT molecular complexity index is 1860. The zero-order valence-corrected chi connectivity index (χ0v) is 59.4. The Kier molecular flexibility index (Phi) is 52.9. The van der Waals surface area contributed by atoms with E-state index in [1.807, 2.05) is 6.08 Å². The van der Waals surface area contributed by atoms with E-state index < -0.39 is 124 Å². The largest absolute Gasteiger partial charge is 0.394 e. The second-order valence-electron chi connectivity index (χ2n) is 27.8. The molecule has 3 heterocycles. The number of rotatable bonds is 61. The van der Waals surface area contributed by atoms with Gasteiger partial charge in [0.25, 0.3) is 0 Å². The van der Waals surface area contributed by atoms with Crippen LogP contribution in [0.1, 0.15) is 309 Å². The van der Waals surface area contributed by atoms with Gasteiger partial charge in [-0.1, -0.05) is 288 Å². The molecule has 3 rings (SSSR count). The highest BCUT2D eigenvalue weighted by atomic mass is 16.8. The number of ether oxygens (including phenoxy) is 6. The Morgan fingerprint density at radius 3 is 1.07 bits per heavy atom. The zero-order valence-electron chi connectivity index (χ0n) is 59.4. The van der Waals surface area contributed by atoms with Crippen LogP contribution in [0.2, 0.25) is 0 Å². The number of carbonyl (C=O) groups excluding carboxylic acids is 1. The number of hydrogen-bond acceptors (Lipinski definition) is 18. The second kappa shape index (κ2) is 57.6. The molecule has 19 nitrogen and oxygen atoms in total. The second-order valence-corrected chi connectivity index (χ2v) is 27.8. The summed E-state index contributed by atoms with van der Waals surface area (Å²) < 4.78 is 34.4. The standard InChI is InChI=1S/C76H141NO18/c1-3-5-7-9-11-13-15-17-19-20-21-22-23-24-25-26-27-28-29-30-31-32-33-34-35-36-37-38-40-42-44-46-48-50-52-54-64(82)77-59(60(81)53-51-49-47-45-43-41-39-18-16-14-12-10-8-6-4-2)58-90-74-70(88)67(85)72(62(56-79)92-74)95-76-71(89)68(86)73(63(57-80)93-76)94-75-69(87)66(84)65(83)61(55-78)91-75/h15,17,20-21,51,53,59-63,65-76,78-81,83-89H,3-14,16,18-19,22-50,52,54-58H2,1-2H3,(H,77,82)/b17-15-,21-20-,53-51+. The molecule has 0 aromatic heterocycles. The monoisotopic (exact) mass is 1360 g/mol. The van der Waals surface area contributed by atoms with Crippen molar-refractivity contribution in [2.75, 3.05) is 26.4 Å². The maximum absolute atomic E-state index is 13.4. The SMILES string of the molecule is CCCCCCC/C=C\C/C=C\CCCCCCCCCCCCCCCCCCCCCCCCCC(=O)NC(COC1OC(CO)C(OC2OC(CO)C(OC3OC(CO)C(O)C(O)C3O)C(O)C2O)C(O)C1O)C(O)/C=C/CCCCCCCCCCCCCCC. The predicted octanol–water partition coefficient (Wildman–Crippen LogP) is 11.9. The van der Waals surface area contributed by atoms with Crippen molar-refractivity contribution >= 4 is 5.91 Å². The molecule has 0 aromatic carbocycles. The fourth-order valence-corrected chi connectivity index (χ4v) is 13.2. The fourth-order valence-electron chi connectivity index (χ4n) is 13.2. The maximum Gasteiger partial charge on any atom is 0.220 e. The molecule has 0 saturated carbocycles. The lowest BCUT2D eigenvalue weighted by Crippen LogP contribution is -2.66. The minimum atomic E-state index is -1.98. The Labute approximate surface area is 574 Å². The van der Waals surface area contributed by atoms with Crippen LogP contribution in [0.5, 0.6) is 0 Å². The molecule has 1 amide bonds. The van der Waals surface area contributed by atoms with Gasteiger partial charge in [-0.05, 0) is 51.4 Å². The van der Waals surface area contributed by atoms with Gasteiger partial charge in [-0.15, -0.1) is 0 Å². The van der Waals surface area contributed by atoms with Crippen LogP contribution in [0.3, 0.4) is 0 Å². The average Bonchev–Trinajstić information content (AvgIpc) is 0.799. The molecule has 0 aromatic rings. The summed E-state index contributed by atoms with van der Waals surface area (Å²) in [5.74, 6) is -0.270. The molecule has 12 N–H and O–H groups in total. The van der Waals surface area contributed by atoms with Crippen molar-refractivity contribution in [1.29, 1.82) is 0 Å². The van der Waals surface area contributed by atoms with Crippen molar-refractivity contribution in [2.45, 2.75) is 413 Å². The van der Waals surface area contributed by atoms with Crippen LogP contribution < -0.4 is 5.32 Å². The van der Waals surface area contributed by atoms with E-state index in [4.69, 9.17) is 28.4 Å². The van der Waals surface area contributed by atoms with E-state index in [2.05, 4.69) is 43.5 Å². The molecule has 3 aliphatic rings. The number of unbranched alkanes of at least 4 members (excludes halogenated alkanes) is 41. The first-order valence-electron chi connectivity index (χ1n) is 38.7. The summed E-state index contributed by atoms with van der Waals surface area (Å²) in [6.07, 6.45) is 42.9. The van der Waals surface area contributed by atoms with Crippen LogP contribution in [0.25, 0.3) is 0 Å². The third-order valence-corrected chi connectivity index (χ3v) is 19.4. The number of allylic oxidation sites excluding steroid dienone is 5. The lowest BCUT2D eigenvalue weighted by molar-refractivity contribution is -0.379. The Hall–Kier alpha value is -1.99. The molecule has 95 heavy (non-hydrogen) atoms. The number of carbonyl (C=O) groups is 1. The van der Waals surface area contributed by atoms with Gasteiger partial charge in [-0.3, -0.25) is 4.79 Å². The summed E-state index contributed by atoms with van der Waals surface area (Å²) in [5, 5.41) is 121. The zero-order chi connectivity index (χ0) is 68.9. The summed E-state index contributed by atoms with van der Waals surface area (Å²) >= 11 is 0. The molecule has 17 unspecified atom stereocenters. The molecular weight excluding hydrogens is 1210 g/mol. The molecule has 3 saturated heterocycles. The van der Waals surface area contributed by atoms with Gasteiger partial charge in [0.05, 0.1) is 38.6 Å². The van der Waals surface area contributed by atoms with E-state index in [1.54, 1.807) is 6.08 Å². The average molecular weight is 1360 g/mol. The number of hydrogen-bond donors (Lipinski definition) is 12. The van der Waals surface area contributed by atoms with Crippen LogP contribution in [0, 0.1) is 0 Å². The number of aliphatic hydroxyl groups is 11. The van der Waals surface area contributed by atoms with Gasteiger partial charge >= 0.3 is 0 Å². The minimum absolute atomic E-state index is 0.247. The Balaban J connectivity index is 1.33. The summed E-state index contributed by atoms with van der Waals surface area (Å²) in [7, 11) is 0. The van der Waals surface area contributed by atoms with Gasteiger partial charge in [0.15, 0.2) is 18.9 Å². The van der Waals surface area contributed by atoms with Crippen molar-refractivity contribution in [2.24, 2.45) is 0 Å². The van der Waals surface area contributed by atoms with E-state index in [1.165, 1.54) is 231 Å². The van der Waals surface area contributed by atoms with Crippen LogP contribution in [0.4, 0.5) is 0 Å². The van der Waals surface area contributed by atoms with Crippen LogP contribution in [0.15, 0.2) is 36.5 Å². The van der Waals surface area contributed by atoms with Crippen molar-refractivity contribution in [3.05, 3.63) is 36.5 Å². The first-order chi connectivity index (χ1) is 46.3. The van der Waals surface area contributed by atoms with Crippen LogP contribution >= 0.6 is 0 Å². The number of nitrogens with one attached hydrogen (secondary N) is 1. The van der Waals surface area contributed by atoms with Crippen molar-refractivity contribution in [3.63, 3.8) is 0 Å². The molecular formula is C76H141NO18. The predicted molar refractivity (Wildman–Crippen MR) is 374 cm³/mol. The minimum Gasteiger partial charge on any atom is -0.394 e. The Morgan fingerprint density at radius 2 is 0.695 bits per heavy atom. The molecule has 0 radical (unpaired) electrons. The van der Waals surface area contributed by atoms with Gasteiger partial charge in [-0.2, -0.15) is 0 Å². The molecule has 19 heteroatoms. The molecule has 558 valence electrons. The Morgan fingerprint density at radius 1 is 0.379 bits per heavy atom. The molecule has 3 fully saturated rings. The maximum atomic E-state index is 13.4. The van der Waals surface area contributed by atoms with Crippen molar-refractivity contribution in [3.8, 4) is 0 Å². The topological polar surface area (TPSA) is 307 Å². The quantitative estimate of drug-likeness (QED) is 0.0199. The molecule has 3 aliphatic heterocycles. The van der Waals surface area contributed by atoms with Crippen LogP contribution in [-0.4, -0.2) is 193 Å². The van der Waals surface area contributed by atoms with Gasteiger partial charge in [0.1, 0.15) is 73.2 Å². The smallest absolute Gasteiger partial charge is 0.220 e. The first-order valence-corrected chi connectivity index (χ1v) is 38.7. The van der Waals surface area contributed by atoms with E-state index in [-0.39, 0.29) is 18.9 Å². The molecule has 0 aliphatic carbocycles. The van der Waals surface area contributed by atoms with Gasteiger partial charge in [-0.25, -0.2) is 0 Å². The third kappa shape index (κ3) is 38.6. The highest BCUT2D eigenvalue weighted by Gasteiger charge is 2.53. The van der Waals surface area contributed by atoms with E-state index >= 15 is 0 Å². The summed E-state index contributed by atoms with van der Waals surface area (Å²) in [4.78, 5) is 13.4. The highest BCUT2D eigenvalue weighted by Crippen LogP contribution is 2.33.